The summed E-state index contributed by atoms with van der Waals surface area (Å²) in [6.07, 6.45) is -0.522. The van der Waals surface area contributed by atoms with Gasteiger partial charge in [-0.3, -0.25) is 0 Å². The van der Waals surface area contributed by atoms with Crippen molar-refractivity contribution in [3.8, 4) is 0 Å². The number of ether oxygens (including phenoxy) is 5. The smallest absolute Gasteiger partial charge is 0.317 e. The fourth-order valence-electron chi connectivity index (χ4n) is 3.01. The minimum absolute atomic E-state index is 0.153. The molecule has 0 aromatic heterocycles. The van der Waals surface area contributed by atoms with Crippen molar-refractivity contribution in [3.63, 3.8) is 0 Å². The molecule has 126 valence electrons. The normalized spacial score (nSPS) is 43.2. The molecule has 0 spiro atoms. The summed E-state index contributed by atoms with van der Waals surface area (Å²) in [5.41, 5.74) is 0. The standard InChI is InChI=1S/C12H20N2O7S/c1-10(2)18-7-5-17-12(6-14-22(13,15)16)9(8(7)19-10)20-11(3,4)21-12/h6-9H,5H2,1-4H3,(H2,13,15,16)/t7-,8-,9+,12+/m1/s1. The van der Waals surface area contributed by atoms with Crippen molar-refractivity contribution in [1.29, 1.82) is 0 Å². The van der Waals surface area contributed by atoms with E-state index in [4.69, 9.17) is 28.8 Å². The lowest BCUT2D eigenvalue weighted by atomic mass is 9.98. The molecule has 0 radical (unpaired) electrons. The molecule has 0 unspecified atom stereocenters. The number of nitrogens with two attached hydrogens (primary N) is 1. The van der Waals surface area contributed by atoms with Crippen molar-refractivity contribution < 1.29 is 32.1 Å². The maximum Gasteiger partial charge on any atom is 0.317 e. The van der Waals surface area contributed by atoms with Crippen LogP contribution >= 0.6 is 0 Å². The molecule has 3 fully saturated rings. The zero-order valence-corrected chi connectivity index (χ0v) is 13.6. The van der Waals surface area contributed by atoms with Crippen LogP contribution in [0.25, 0.3) is 0 Å². The minimum Gasteiger partial charge on any atom is -0.342 e. The molecule has 0 aliphatic carbocycles. The van der Waals surface area contributed by atoms with Crippen LogP contribution in [0.1, 0.15) is 27.7 Å². The van der Waals surface area contributed by atoms with Gasteiger partial charge in [-0.15, -0.1) is 0 Å². The fourth-order valence-corrected chi connectivity index (χ4v) is 3.30. The molecule has 3 aliphatic rings. The van der Waals surface area contributed by atoms with E-state index >= 15 is 0 Å². The van der Waals surface area contributed by atoms with Crippen LogP contribution in [0.3, 0.4) is 0 Å². The molecule has 0 saturated carbocycles. The summed E-state index contributed by atoms with van der Waals surface area (Å²) in [5, 5.41) is 4.92. The second kappa shape index (κ2) is 4.69. The zero-order chi connectivity index (χ0) is 16.4. The van der Waals surface area contributed by atoms with Crippen molar-refractivity contribution in [2.45, 2.75) is 63.4 Å². The molecule has 3 rings (SSSR count). The van der Waals surface area contributed by atoms with E-state index in [-0.39, 0.29) is 12.7 Å². The molecule has 9 nitrogen and oxygen atoms in total. The third-order valence-corrected chi connectivity index (χ3v) is 3.98. The van der Waals surface area contributed by atoms with Gasteiger partial charge in [0.2, 0.25) is 5.79 Å². The molecular formula is C12H20N2O7S. The maximum absolute atomic E-state index is 11.1. The van der Waals surface area contributed by atoms with Gasteiger partial charge in [0.25, 0.3) is 0 Å². The first-order valence-corrected chi connectivity index (χ1v) is 8.39. The minimum atomic E-state index is -4.07. The van der Waals surface area contributed by atoms with Gasteiger partial charge in [-0.1, -0.05) is 0 Å². The predicted octanol–water partition coefficient (Wildman–Crippen LogP) is -0.341. The highest BCUT2D eigenvalue weighted by Gasteiger charge is 2.65. The molecule has 0 aromatic rings. The van der Waals surface area contributed by atoms with Crippen LogP contribution in [-0.4, -0.2) is 56.9 Å². The third-order valence-electron chi connectivity index (χ3n) is 3.59. The van der Waals surface area contributed by atoms with E-state index in [2.05, 4.69) is 4.40 Å². The van der Waals surface area contributed by atoms with Crippen molar-refractivity contribution in [2.24, 2.45) is 9.54 Å². The summed E-state index contributed by atoms with van der Waals surface area (Å²) >= 11 is 0. The van der Waals surface area contributed by atoms with Gasteiger partial charge < -0.3 is 23.7 Å². The van der Waals surface area contributed by atoms with Crippen LogP contribution in [0.15, 0.2) is 4.40 Å². The lowest BCUT2D eigenvalue weighted by Gasteiger charge is -2.38. The molecule has 3 saturated heterocycles. The Kier molecular flexibility index (Phi) is 3.47. The lowest BCUT2D eigenvalue weighted by Crippen LogP contribution is -2.59. The van der Waals surface area contributed by atoms with Gasteiger partial charge >= 0.3 is 10.2 Å². The highest BCUT2D eigenvalue weighted by atomic mass is 32.2. The second-order valence-electron chi connectivity index (χ2n) is 6.46. The largest absolute Gasteiger partial charge is 0.342 e. The zero-order valence-electron chi connectivity index (χ0n) is 12.8. The first-order chi connectivity index (χ1) is 9.92. The SMILES string of the molecule is CC1(C)O[C@@H]2[C@@H](CO[C@@]3(C=NS(N)(=O)=O)OC(C)(C)O[C@@H]23)O1. The molecule has 10 heteroatoms. The average Bonchev–Trinajstić information content (AvgIpc) is 2.78. The van der Waals surface area contributed by atoms with Gasteiger partial charge in [-0.2, -0.15) is 12.8 Å². The van der Waals surface area contributed by atoms with Crippen LogP contribution in [-0.2, 0) is 33.9 Å². The van der Waals surface area contributed by atoms with E-state index in [9.17, 15) is 8.42 Å². The van der Waals surface area contributed by atoms with Gasteiger partial charge in [0.15, 0.2) is 11.6 Å². The van der Waals surface area contributed by atoms with E-state index in [0.717, 1.165) is 6.21 Å². The summed E-state index contributed by atoms with van der Waals surface area (Å²) < 4.78 is 54.5. The van der Waals surface area contributed by atoms with E-state index in [0.29, 0.717) is 0 Å². The maximum atomic E-state index is 11.1. The fraction of sp³-hybridized carbons (Fsp3) is 0.917. The van der Waals surface area contributed by atoms with Crippen LogP contribution in [0, 0.1) is 0 Å². The lowest BCUT2D eigenvalue weighted by molar-refractivity contribution is -0.238. The number of hydrogen-bond donors (Lipinski definition) is 1. The van der Waals surface area contributed by atoms with Crippen molar-refractivity contribution >= 4 is 16.4 Å². The molecule has 0 aromatic carbocycles. The van der Waals surface area contributed by atoms with Gasteiger partial charge in [0, 0.05) is 0 Å². The Bertz CT molecular complexity index is 603. The quantitative estimate of drug-likeness (QED) is 0.685. The van der Waals surface area contributed by atoms with E-state index in [1.807, 2.05) is 0 Å². The first kappa shape index (κ1) is 16.2. The van der Waals surface area contributed by atoms with Crippen LogP contribution in [0.5, 0.6) is 0 Å². The van der Waals surface area contributed by atoms with Crippen molar-refractivity contribution in [2.75, 3.05) is 6.61 Å². The summed E-state index contributed by atoms with van der Waals surface area (Å²) in [6, 6.07) is 0. The third kappa shape index (κ3) is 2.92. The number of fused-ring (bicyclic) bond motifs is 3. The summed E-state index contributed by atoms with van der Waals surface area (Å²) in [6.45, 7) is 7.10. The second-order valence-corrected chi connectivity index (χ2v) is 7.70. The molecule has 3 heterocycles. The van der Waals surface area contributed by atoms with E-state index in [1.165, 1.54) is 0 Å². The molecule has 3 aliphatic heterocycles. The highest BCUT2D eigenvalue weighted by Crippen LogP contribution is 2.46. The molecule has 2 N–H and O–H groups in total. The number of rotatable bonds is 2. The van der Waals surface area contributed by atoms with Crippen LogP contribution < -0.4 is 5.14 Å². The Morgan fingerprint density at radius 3 is 2.45 bits per heavy atom. The van der Waals surface area contributed by atoms with Gasteiger partial charge in [-0.05, 0) is 27.7 Å². The molecular weight excluding hydrogens is 316 g/mol. The topological polar surface area (TPSA) is 119 Å². The summed E-state index contributed by atoms with van der Waals surface area (Å²) in [7, 11) is -4.07. The number of nitrogens with zero attached hydrogens (tertiary/aromatic N) is 1. The summed E-state index contributed by atoms with van der Waals surface area (Å²) in [4.78, 5) is 0. The van der Waals surface area contributed by atoms with Crippen LogP contribution in [0.2, 0.25) is 0 Å². The van der Waals surface area contributed by atoms with Gasteiger partial charge in [-0.25, -0.2) is 5.14 Å². The van der Waals surface area contributed by atoms with Crippen LogP contribution in [0.4, 0.5) is 0 Å². The van der Waals surface area contributed by atoms with E-state index in [1.54, 1.807) is 27.7 Å². The first-order valence-electron chi connectivity index (χ1n) is 6.88. The Balaban J connectivity index is 1.96. The van der Waals surface area contributed by atoms with Crippen molar-refractivity contribution in [1.82, 2.24) is 0 Å². The predicted molar refractivity (Wildman–Crippen MR) is 74.1 cm³/mol. The average molecular weight is 336 g/mol. The molecule has 4 atom stereocenters. The Hall–Kier alpha value is -0.620. The molecule has 22 heavy (non-hydrogen) atoms. The Morgan fingerprint density at radius 2 is 1.82 bits per heavy atom. The van der Waals surface area contributed by atoms with Gasteiger partial charge in [0.05, 0.1) is 12.8 Å². The van der Waals surface area contributed by atoms with E-state index < -0.39 is 39.8 Å². The Morgan fingerprint density at radius 1 is 1.14 bits per heavy atom. The molecule has 0 amide bonds. The molecule has 0 bridgehead atoms. The van der Waals surface area contributed by atoms with Gasteiger partial charge in [0.1, 0.15) is 18.3 Å². The monoisotopic (exact) mass is 336 g/mol. The number of hydrogen-bond acceptors (Lipinski definition) is 7. The highest BCUT2D eigenvalue weighted by molar-refractivity contribution is 7.87. The summed E-state index contributed by atoms with van der Waals surface area (Å²) in [5.74, 6) is -3.27. The van der Waals surface area contributed by atoms with Crippen molar-refractivity contribution in [3.05, 3.63) is 0 Å². The Labute approximate surface area is 128 Å².